The standard InChI is InChI=1S/C14H10ClF3N4O/c1-2-23-8-20-13-9(6-19)7-21-22(13)12-4-3-10(5-11(12)15)14(16,17)18/h3-5,7-8H,2H2,1H3. The Hall–Kier alpha value is -2.53. The minimum Gasteiger partial charge on any atom is -0.483 e. The molecule has 0 spiro atoms. The molecule has 0 aliphatic rings. The number of aromatic nitrogens is 2. The van der Waals surface area contributed by atoms with Gasteiger partial charge in [-0.25, -0.2) is 4.68 Å². The quantitative estimate of drug-likeness (QED) is 0.620. The van der Waals surface area contributed by atoms with Crippen LogP contribution >= 0.6 is 11.6 Å². The van der Waals surface area contributed by atoms with Gasteiger partial charge in [0.2, 0.25) is 0 Å². The lowest BCUT2D eigenvalue weighted by Crippen LogP contribution is -2.06. The average molecular weight is 343 g/mol. The second-order valence-corrected chi connectivity index (χ2v) is 4.67. The van der Waals surface area contributed by atoms with Gasteiger partial charge < -0.3 is 4.74 Å². The van der Waals surface area contributed by atoms with Crippen molar-refractivity contribution in [3.63, 3.8) is 0 Å². The molecule has 0 aliphatic heterocycles. The van der Waals surface area contributed by atoms with E-state index in [1.54, 1.807) is 6.92 Å². The van der Waals surface area contributed by atoms with Crippen LogP contribution in [0, 0.1) is 11.3 Å². The Morgan fingerprint density at radius 2 is 2.22 bits per heavy atom. The molecule has 120 valence electrons. The summed E-state index contributed by atoms with van der Waals surface area (Å²) < 4.78 is 44.2. The van der Waals surface area contributed by atoms with E-state index in [2.05, 4.69) is 10.1 Å². The largest absolute Gasteiger partial charge is 0.483 e. The van der Waals surface area contributed by atoms with Gasteiger partial charge in [0.05, 0.1) is 29.1 Å². The molecule has 2 rings (SSSR count). The fourth-order valence-corrected chi connectivity index (χ4v) is 2.00. The Kier molecular flexibility index (Phi) is 4.91. The Morgan fingerprint density at radius 3 is 2.78 bits per heavy atom. The Bertz CT molecular complexity index is 777. The molecule has 5 nitrogen and oxygen atoms in total. The first-order valence-electron chi connectivity index (χ1n) is 6.37. The molecular weight excluding hydrogens is 333 g/mol. The molecule has 1 aromatic carbocycles. The third kappa shape index (κ3) is 3.63. The molecule has 0 radical (unpaired) electrons. The lowest BCUT2D eigenvalue weighted by Gasteiger charge is -2.11. The third-order valence-corrected chi connectivity index (χ3v) is 3.09. The molecule has 1 heterocycles. The maximum Gasteiger partial charge on any atom is 0.416 e. The molecule has 2 aromatic rings. The number of nitriles is 1. The Balaban J connectivity index is 2.51. The monoisotopic (exact) mass is 342 g/mol. The van der Waals surface area contributed by atoms with Gasteiger partial charge in [-0.1, -0.05) is 11.6 Å². The van der Waals surface area contributed by atoms with Gasteiger partial charge in [-0.3, -0.25) is 0 Å². The summed E-state index contributed by atoms with van der Waals surface area (Å²) in [5, 5.41) is 12.8. The van der Waals surface area contributed by atoms with E-state index >= 15 is 0 Å². The van der Waals surface area contributed by atoms with Gasteiger partial charge in [-0.15, -0.1) is 0 Å². The summed E-state index contributed by atoms with van der Waals surface area (Å²) in [4.78, 5) is 3.97. The van der Waals surface area contributed by atoms with Crippen molar-refractivity contribution >= 4 is 23.8 Å². The third-order valence-electron chi connectivity index (χ3n) is 2.78. The van der Waals surface area contributed by atoms with Crippen molar-refractivity contribution in [2.24, 2.45) is 4.99 Å². The lowest BCUT2D eigenvalue weighted by atomic mass is 10.2. The van der Waals surface area contributed by atoms with Gasteiger partial charge in [0.1, 0.15) is 11.6 Å². The molecule has 0 atom stereocenters. The number of hydrogen-bond acceptors (Lipinski definition) is 4. The number of benzene rings is 1. The summed E-state index contributed by atoms with van der Waals surface area (Å²) in [6.07, 6.45) is -2.13. The number of aliphatic imine (C=N–C) groups is 1. The summed E-state index contributed by atoms with van der Waals surface area (Å²) in [6, 6.07) is 4.73. The minimum atomic E-state index is -4.50. The summed E-state index contributed by atoms with van der Waals surface area (Å²) in [7, 11) is 0. The van der Waals surface area contributed by atoms with Crippen molar-refractivity contribution in [1.29, 1.82) is 5.26 Å². The number of ether oxygens (including phenoxy) is 1. The second-order valence-electron chi connectivity index (χ2n) is 4.26. The highest BCUT2D eigenvalue weighted by molar-refractivity contribution is 6.32. The molecule has 23 heavy (non-hydrogen) atoms. The lowest BCUT2D eigenvalue weighted by molar-refractivity contribution is -0.137. The zero-order valence-electron chi connectivity index (χ0n) is 11.8. The van der Waals surface area contributed by atoms with E-state index in [-0.39, 0.29) is 22.1 Å². The van der Waals surface area contributed by atoms with E-state index in [4.69, 9.17) is 21.6 Å². The predicted octanol–water partition coefficient (Wildman–Crippen LogP) is 4.11. The van der Waals surface area contributed by atoms with Gasteiger partial charge in [-0.2, -0.15) is 28.5 Å². The van der Waals surface area contributed by atoms with E-state index < -0.39 is 11.7 Å². The zero-order chi connectivity index (χ0) is 17.0. The maximum atomic E-state index is 12.7. The van der Waals surface area contributed by atoms with Gasteiger partial charge in [0.15, 0.2) is 12.2 Å². The minimum absolute atomic E-state index is 0.114. The average Bonchev–Trinajstić information content (AvgIpc) is 2.89. The van der Waals surface area contributed by atoms with Crippen LogP contribution in [0.2, 0.25) is 5.02 Å². The molecular formula is C14H10ClF3N4O. The van der Waals surface area contributed by atoms with Crippen LogP contribution in [-0.4, -0.2) is 22.8 Å². The van der Waals surface area contributed by atoms with Crippen LogP contribution in [0.1, 0.15) is 18.1 Å². The number of halogens is 4. The fourth-order valence-electron chi connectivity index (χ4n) is 1.74. The van der Waals surface area contributed by atoms with Crippen LogP contribution in [0.4, 0.5) is 19.0 Å². The first kappa shape index (κ1) is 16.8. The van der Waals surface area contributed by atoms with Gasteiger partial charge >= 0.3 is 6.18 Å². The van der Waals surface area contributed by atoms with E-state index in [1.165, 1.54) is 16.9 Å². The van der Waals surface area contributed by atoms with E-state index in [9.17, 15) is 13.2 Å². The smallest absolute Gasteiger partial charge is 0.416 e. The number of hydrogen-bond donors (Lipinski definition) is 0. The molecule has 0 aliphatic carbocycles. The van der Waals surface area contributed by atoms with Crippen LogP contribution in [0.5, 0.6) is 0 Å². The maximum absolute atomic E-state index is 12.7. The zero-order valence-corrected chi connectivity index (χ0v) is 12.6. The molecule has 0 N–H and O–H groups in total. The van der Waals surface area contributed by atoms with Crippen LogP contribution in [-0.2, 0) is 10.9 Å². The topological polar surface area (TPSA) is 63.2 Å². The normalized spacial score (nSPS) is 11.7. The Morgan fingerprint density at radius 1 is 1.48 bits per heavy atom. The SMILES string of the molecule is CCOC=Nc1c(C#N)cnn1-c1ccc(C(F)(F)F)cc1Cl. The summed E-state index contributed by atoms with van der Waals surface area (Å²) in [6.45, 7) is 2.13. The van der Waals surface area contributed by atoms with Crippen LogP contribution in [0.25, 0.3) is 5.69 Å². The van der Waals surface area contributed by atoms with Crippen molar-refractivity contribution in [1.82, 2.24) is 9.78 Å². The number of rotatable bonds is 4. The molecule has 0 unspecified atom stereocenters. The van der Waals surface area contributed by atoms with Crippen LogP contribution < -0.4 is 0 Å². The van der Waals surface area contributed by atoms with Crippen LogP contribution in [0.15, 0.2) is 29.4 Å². The Labute approximate surface area is 134 Å². The number of nitrogens with zero attached hydrogens (tertiary/aromatic N) is 4. The van der Waals surface area contributed by atoms with Crippen molar-refractivity contribution in [3.8, 4) is 11.8 Å². The summed E-state index contributed by atoms with van der Waals surface area (Å²) in [5.74, 6) is 0.114. The van der Waals surface area contributed by atoms with Gasteiger partial charge in [-0.05, 0) is 25.1 Å². The molecule has 0 fully saturated rings. The highest BCUT2D eigenvalue weighted by Gasteiger charge is 2.31. The van der Waals surface area contributed by atoms with Crippen LogP contribution in [0.3, 0.4) is 0 Å². The van der Waals surface area contributed by atoms with Crippen molar-refractivity contribution < 1.29 is 17.9 Å². The molecule has 0 amide bonds. The molecule has 1 aromatic heterocycles. The van der Waals surface area contributed by atoms with Crippen molar-refractivity contribution in [3.05, 3.63) is 40.5 Å². The number of alkyl halides is 3. The molecule has 0 saturated heterocycles. The predicted molar refractivity (Wildman–Crippen MR) is 78.1 cm³/mol. The van der Waals surface area contributed by atoms with Crippen molar-refractivity contribution in [2.45, 2.75) is 13.1 Å². The van der Waals surface area contributed by atoms with Gasteiger partial charge in [0.25, 0.3) is 0 Å². The first-order chi connectivity index (χ1) is 10.9. The molecule has 9 heteroatoms. The second kappa shape index (κ2) is 6.71. The van der Waals surface area contributed by atoms with E-state index in [0.29, 0.717) is 6.61 Å². The van der Waals surface area contributed by atoms with Gasteiger partial charge in [0, 0.05) is 0 Å². The highest BCUT2D eigenvalue weighted by atomic mass is 35.5. The molecule has 0 bridgehead atoms. The molecule has 0 saturated carbocycles. The van der Waals surface area contributed by atoms with E-state index in [0.717, 1.165) is 18.5 Å². The highest BCUT2D eigenvalue weighted by Crippen LogP contribution is 2.34. The summed E-state index contributed by atoms with van der Waals surface area (Å²) >= 11 is 5.93. The van der Waals surface area contributed by atoms with E-state index in [1.807, 2.05) is 6.07 Å². The summed E-state index contributed by atoms with van der Waals surface area (Å²) in [5.41, 5.74) is -0.569. The first-order valence-corrected chi connectivity index (χ1v) is 6.75. The van der Waals surface area contributed by atoms with Crippen molar-refractivity contribution in [2.75, 3.05) is 6.61 Å². The fraction of sp³-hybridized carbons (Fsp3) is 0.214.